The molecule has 0 aliphatic carbocycles. The monoisotopic (exact) mass is 436 g/mol. The molecule has 0 saturated carbocycles. The second kappa shape index (κ2) is 8.27. The largest absolute Gasteiger partial charge is 0.416 e. The van der Waals surface area contributed by atoms with E-state index in [0.29, 0.717) is 22.0 Å². The third-order valence-corrected chi connectivity index (χ3v) is 4.48. The van der Waals surface area contributed by atoms with Crippen LogP contribution in [0.4, 0.5) is 13.2 Å². The molecule has 0 saturated heterocycles. The Kier molecular flexibility index (Phi) is 5.93. The van der Waals surface area contributed by atoms with E-state index < -0.39 is 17.7 Å². The molecule has 3 aromatic rings. The minimum atomic E-state index is -4.50. The Balaban J connectivity index is 1.86. The van der Waals surface area contributed by atoms with E-state index in [1.807, 2.05) is 0 Å². The molecule has 156 valence electrons. The molecule has 2 heterocycles. The van der Waals surface area contributed by atoms with Gasteiger partial charge in [-0.1, -0.05) is 16.8 Å². The number of pyridine rings is 1. The molecule has 0 aliphatic rings. The Bertz CT molecular complexity index is 1120. The van der Waals surface area contributed by atoms with E-state index in [2.05, 4.69) is 15.2 Å². The number of benzene rings is 1. The van der Waals surface area contributed by atoms with E-state index in [4.69, 9.17) is 16.4 Å². The van der Waals surface area contributed by atoms with E-state index in [9.17, 15) is 18.0 Å². The zero-order valence-electron chi connectivity index (χ0n) is 16.2. The number of hydrogen-bond acceptors (Lipinski definition) is 5. The first kappa shape index (κ1) is 21.5. The maximum Gasteiger partial charge on any atom is 0.416 e. The summed E-state index contributed by atoms with van der Waals surface area (Å²) in [6, 6.07) is 7.98. The van der Waals surface area contributed by atoms with E-state index >= 15 is 0 Å². The fraction of sp³-hybridized carbons (Fsp3) is 0.200. The van der Waals surface area contributed by atoms with Gasteiger partial charge in [-0.15, -0.1) is 0 Å². The minimum Gasteiger partial charge on any atom is -0.313 e. The van der Waals surface area contributed by atoms with Crippen LogP contribution >= 0.6 is 11.6 Å². The molecule has 0 N–H and O–H groups in total. The van der Waals surface area contributed by atoms with Crippen molar-refractivity contribution in [3.05, 3.63) is 75.7 Å². The Morgan fingerprint density at radius 3 is 2.47 bits per heavy atom. The normalized spacial score (nSPS) is 12.2. The van der Waals surface area contributed by atoms with E-state index in [0.717, 1.165) is 12.1 Å². The lowest BCUT2D eigenvalue weighted by Crippen LogP contribution is -2.10. The highest BCUT2D eigenvalue weighted by atomic mass is 35.5. The summed E-state index contributed by atoms with van der Waals surface area (Å²) in [6.45, 7) is 4.72. The molecule has 1 aromatic carbocycles. The van der Waals surface area contributed by atoms with Gasteiger partial charge in [0.15, 0.2) is 5.82 Å². The number of aryl methyl sites for hydroxylation is 1. The van der Waals surface area contributed by atoms with Gasteiger partial charge in [0.25, 0.3) is 0 Å². The second-order valence-electron chi connectivity index (χ2n) is 6.47. The first-order valence-electron chi connectivity index (χ1n) is 8.69. The average Bonchev–Trinajstić information content (AvgIpc) is 3.06. The molecule has 0 aliphatic heterocycles. The molecular formula is C20H16ClF3N4O2. The molecule has 3 rings (SSSR count). The average molecular weight is 437 g/mol. The number of alkyl halides is 3. The Labute approximate surface area is 174 Å². The Morgan fingerprint density at radius 2 is 1.83 bits per heavy atom. The number of halogens is 4. The fourth-order valence-corrected chi connectivity index (χ4v) is 2.84. The van der Waals surface area contributed by atoms with Gasteiger partial charge in [-0.3, -0.25) is 0 Å². The third kappa shape index (κ3) is 4.68. The first-order valence-corrected chi connectivity index (χ1v) is 9.07. The highest BCUT2D eigenvalue weighted by Crippen LogP contribution is 2.30. The maximum absolute atomic E-state index is 13.1. The van der Waals surface area contributed by atoms with Gasteiger partial charge < -0.3 is 4.84 Å². The summed E-state index contributed by atoms with van der Waals surface area (Å²) in [6.07, 6.45) is -3.08. The van der Waals surface area contributed by atoms with Gasteiger partial charge in [0.1, 0.15) is 0 Å². The number of rotatable bonds is 4. The topological polar surface area (TPSA) is 69.4 Å². The van der Waals surface area contributed by atoms with E-state index in [1.165, 1.54) is 29.9 Å². The van der Waals surface area contributed by atoms with Crippen LogP contribution in [0.2, 0.25) is 5.02 Å². The number of carbonyl (C=O) groups excluding carboxylic acids is 1. The third-order valence-electron chi connectivity index (χ3n) is 4.23. The summed E-state index contributed by atoms with van der Waals surface area (Å²) < 4.78 is 40.6. The zero-order chi connectivity index (χ0) is 22.1. The van der Waals surface area contributed by atoms with Gasteiger partial charge in [-0.25, -0.2) is 14.5 Å². The molecule has 0 bridgehead atoms. The predicted octanol–water partition coefficient (Wildman–Crippen LogP) is 5.14. The lowest BCUT2D eigenvalue weighted by atomic mass is 10.2. The highest BCUT2D eigenvalue weighted by molar-refractivity contribution is 6.30. The number of hydrogen-bond donors (Lipinski definition) is 0. The number of oxime groups is 1. The van der Waals surface area contributed by atoms with E-state index in [-0.39, 0.29) is 17.1 Å². The van der Waals surface area contributed by atoms with Crippen molar-refractivity contribution in [1.82, 2.24) is 14.8 Å². The molecule has 0 atom stereocenters. The number of nitrogens with zero attached hydrogens (tertiary/aromatic N) is 4. The summed E-state index contributed by atoms with van der Waals surface area (Å²) in [5.41, 5.74) is 0.972. The number of aromatic nitrogens is 3. The molecule has 6 nitrogen and oxygen atoms in total. The second-order valence-corrected chi connectivity index (χ2v) is 6.91. The van der Waals surface area contributed by atoms with Crippen LogP contribution in [0.1, 0.15) is 39.8 Å². The van der Waals surface area contributed by atoms with Crippen molar-refractivity contribution in [3.8, 4) is 5.82 Å². The molecule has 0 amide bonds. The van der Waals surface area contributed by atoms with Crippen LogP contribution in [-0.2, 0) is 11.0 Å². The molecule has 2 aromatic heterocycles. The van der Waals surface area contributed by atoms with Crippen LogP contribution in [0, 0.1) is 13.8 Å². The summed E-state index contributed by atoms with van der Waals surface area (Å²) in [7, 11) is 0. The van der Waals surface area contributed by atoms with Crippen molar-refractivity contribution < 1.29 is 22.8 Å². The number of carbonyl (C=O) groups is 1. The van der Waals surface area contributed by atoms with Crippen LogP contribution in [0.25, 0.3) is 5.82 Å². The summed E-state index contributed by atoms with van der Waals surface area (Å²) in [4.78, 5) is 21.1. The van der Waals surface area contributed by atoms with E-state index in [1.54, 1.807) is 26.0 Å². The van der Waals surface area contributed by atoms with Crippen LogP contribution in [-0.4, -0.2) is 26.4 Å². The standard InChI is InChI=1S/C20H16ClF3N4O2/c1-11-8-15(20(22,23)24)9-18(26-11)28-13(3)17(10-25-28)12(2)27-30-19(29)14-4-6-16(21)7-5-14/h4-10H,1-3H3/b27-12-. The summed E-state index contributed by atoms with van der Waals surface area (Å²) >= 11 is 5.78. The lowest BCUT2D eigenvalue weighted by Gasteiger charge is -2.11. The lowest BCUT2D eigenvalue weighted by molar-refractivity contribution is -0.137. The van der Waals surface area contributed by atoms with Gasteiger partial charge in [-0.2, -0.15) is 18.3 Å². The van der Waals surface area contributed by atoms with Crippen LogP contribution in [0.5, 0.6) is 0 Å². The molecular weight excluding hydrogens is 421 g/mol. The van der Waals surface area contributed by atoms with Crippen molar-refractivity contribution in [2.24, 2.45) is 5.16 Å². The molecule has 0 radical (unpaired) electrons. The van der Waals surface area contributed by atoms with Crippen molar-refractivity contribution >= 4 is 23.3 Å². The SMILES string of the molecule is C/C(=N/OC(=O)c1ccc(Cl)cc1)c1cnn(-c2cc(C(F)(F)F)cc(C)n2)c1C. The summed E-state index contributed by atoms with van der Waals surface area (Å²) in [5, 5.41) is 8.41. The summed E-state index contributed by atoms with van der Waals surface area (Å²) in [5.74, 6) is -0.650. The Hall–Kier alpha value is -3.20. The molecule has 0 fully saturated rings. The minimum absolute atomic E-state index is 0.0250. The fourth-order valence-electron chi connectivity index (χ4n) is 2.72. The van der Waals surface area contributed by atoms with Crippen molar-refractivity contribution in [3.63, 3.8) is 0 Å². The van der Waals surface area contributed by atoms with Gasteiger partial charge >= 0.3 is 12.1 Å². The van der Waals surface area contributed by atoms with Crippen LogP contribution in [0.3, 0.4) is 0 Å². The maximum atomic E-state index is 13.1. The quantitative estimate of drug-likeness (QED) is 0.322. The van der Waals surface area contributed by atoms with Gasteiger partial charge in [-0.05, 0) is 57.2 Å². The van der Waals surface area contributed by atoms with Gasteiger partial charge in [0.2, 0.25) is 0 Å². The van der Waals surface area contributed by atoms with Crippen molar-refractivity contribution in [2.45, 2.75) is 26.9 Å². The Morgan fingerprint density at radius 1 is 1.17 bits per heavy atom. The highest BCUT2D eigenvalue weighted by Gasteiger charge is 2.31. The zero-order valence-corrected chi connectivity index (χ0v) is 16.9. The smallest absolute Gasteiger partial charge is 0.313 e. The molecule has 0 spiro atoms. The first-order chi connectivity index (χ1) is 14.1. The van der Waals surface area contributed by atoms with Crippen molar-refractivity contribution in [1.29, 1.82) is 0 Å². The molecule has 10 heteroatoms. The van der Waals surface area contributed by atoms with Gasteiger partial charge in [0, 0.05) is 16.3 Å². The molecule has 0 unspecified atom stereocenters. The molecule has 30 heavy (non-hydrogen) atoms. The van der Waals surface area contributed by atoms with Crippen LogP contribution in [0.15, 0.2) is 47.8 Å². The predicted molar refractivity (Wildman–Crippen MR) is 105 cm³/mol. The van der Waals surface area contributed by atoms with Crippen LogP contribution < -0.4 is 0 Å². The van der Waals surface area contributed by atoms with Crippen molar-refractivity contribution in [2.75, 3.05) is 0 Å². The van der Waals surface area contributed by atoms with Gasteiger partial charge in [0.05, 0.1) is 28.7 Å².